The van der Waals surface area contributed by atoms with Crippen molar-refractivity contribution >= 4 is 52.0 Å². The molecule has 0 radical (unpaired) electrons. The first-order valence-electron chi connectivity index (χ1n) is 7.17. The van der Waals surface area contributed by atoms with Crippen molar-refractivity contribution in [2.24, 2.45) is 4.99 Å². The lowest BCUT2D eigenvalue weighted by Crippen LogP contribution is -2.40. The minimum Gasteiger partial charge on any atom is -0.466 e. The Kier molecular flexibility index (Phi) is 4.64. The number of benzene rings is 1. The molecule has 5 nitrogen and oxygen atoms in total. The lowest BCUT2D eigenvalue weighted by molar-refractivity contribution is -0.137. The summed E-state index contributed by atoms with van der Waals surface area (Å²) in [5.74, 6) is -0.660. The summed E-state index contributed by atoms with van der Waals surface area (Å²) in [5.41, 5.74) is 1.42. The van der Waals surface area contributed by atoms with E-state index in [9.17, 15) is 9.59 Å². The van der Waals surface area contributed by atoms with Gasteiger partial charge < -0.3 is 4.74 Å². The minimum absolute atomic E-state index is 0.122. The highest BCUT2D eigenvalue weighted by molar-refractivity contribution is 8.15. The fourth-order valence-electron chi connectivity index (χ4n) is 2.79. The average Bonchev–Trinajstić information content (AvgIpc) is 2.80. The second-order valence-electron chi connectivity index (χ2n) is 5.42. The van der Waals surface area contributed by atoms with Crippen LogP contribution in [0.1, 0.15) is 25.5 Å². The Morgan fingerprint density at radius 1 is 1.38 bits per heavy atom. The molecule has 2 aliphatic heterocycles. The van der Waals surface area contributed by atoms with E-state index in [-0.39, 0.29) is 11.2 Å². The van der Waals surface area contributed by atoms with Gasteiger partial charge in [-0.1, -0.05) is 41.0 Å². The van der Waals surface area contributed by atoms with Gasteiger partial charge in [0, 0.05) is 10.0 Å². The molecule has 126 valence electrons. The fourth-order valence-corrected chi connectivity index (χ4v) is 4.33. The van der Waals surface area contributed by atoms with E-state index in [1.165, 1.54) is 23.8 Å². The van der Waals surface area contributed by atoms with Crippen molar-refractivity contribution in [2.45, 2.75) is 25.1 Å². The van der Waals surface area contributed by atoms with Gasteiger partial charge in [-0.25, -0.2) is 9.79 Å². The summed E-state index contributed by atoms with van der Waals surface area (Å²) < 4.78 is 4.91. The Morgan fingerprint density at radius 3 is 2.71 bits per heavy atom. The number of halogens is 2. The largest absolute Gasteiger partial charge is 0.466 e. The third-order valence-electron chi connectivity index (χ3n) is 3.92. The van der Waals surface area contributed by atoms with Gasteiger partial charge in [0.25, 0.3) is 0 Å². The molecule has 8 heteroatoms. The summed E-state index contributed by atoms with van der Waals surface area (Å²) in [5, 5.41) is 1.14. The Balaban J connectivity index is 2.22. The summed E-state index contributed by atoms with van der Waals surface area (Å²) in [4.78, 5) is 30.9. The molecule has 0 spiro atoms. The number of hydrogen-bond donors (Lipinski definition) is 0. The molecule has 2 heterocycles. The van der Waals surface area contributed by atoms with Gasteiger partial charge in [-0.05, 0) is 31.5 Å². The lowest BCUT2D eigenvalue weighted by atomic mass is 9.94. The first-order valence-corrected chi connectivity index (χ1v) is 8.81. The SMILES string of the molecule is COC(=O)C1=C(C)N=C2S[C@@H](C)C(=O)N2[C@@H]1c1ccc(Cl)cc1Cl. The third kappa shape index (κ3) is 2.72. The van der Waals surface area contributed by atoms with Gasteiger partial charge in [0.05, 0.1) is 29.7 Å². The van der Waals surface area contributed by atoms with Crippen LogP contribution in [0.4, 0.5) is 0 Å². The van der Waals surface area contributed by atoms with E-state index in [4.69, 9.17) is 27.9 Å². The summed E-state index contributed by atoms with van der Waals surface area (Å²) in [6.45, 7) is 3.53. The average molecular weight is 385 g/mol. The van der Waals surface area contributed by atoms with Crippen LogP contribution in [0.2, 0.25) is 10.0 Å². The Bertz CT molecular complexity index is 807. The number of fused-ring (bicyclic) bond motifs is 1. The predicted molar refractivity (Wildman–Crippen MR) is 95.3 cm³/mol. The van der Waals surface area contributed by atoms with E-state index in [0.29, 0.717) is 32.0 Å². The van der Waals surface area contributed by atoms with Gasteiger partial charge in [-0.3, -0.25) is 9.69 Å². The molecule has 0 saturated carbocycles. The number of allylic oxidation sites excluding steroid dienone is 1. The number of esters is 1. The van der Waals surface area contributed by atoms with Crippen LogP contribution in [0.3, 0.4) is 0 Å². The molecule has 0 aromatic heterocycles. The molecule has 1 aromatic rings. The zero-order chi connectivity index (χ0) is 17.6. The number of nitrogens with zero attached hydrogens (tertiary/aromatic N) is 2. The molecule has 1 fully saturated rings. The second kappa shape index (κ2) is 6.43. The molecule has 2 atom stereocenters. The maximum absolute atomic E-state index is 12.6. The van der Waals surface area contributed by atoms with Gasteiger partial charge in [-0.2, -0.15) is 0 Å². The maximum atomic E-state index is 12.6. The summed E-state index contributed by atoms with van der Waals surface area (Å²) in [6.07, 6.45) is 0. The number of rotatable bonds is 2. The van der Waals surface area contributed by atoms with Crippen LogP contribution in [-0.2, 0) is 14.3 Å². The van der Waals surface area contributed by atoms with Gasteiger partial charge in [-0.15, -0.1) is 0 Å². The summed E-state index contributed by atoms with van der Waals surface area (Å²) in [6, 6.07) is 4.30. The normalized spacial score (nSPS) is 23.3. The molecule has 3 rings (SSSR count). The molecule has 1 aromatic carbocycles. The number of carbonyl (C=O) groups is 2. The number of hydrogen-bond acceptors (Lipinski definition) is 5. The molecule has 24 heavy (non-hydrogen) atoms. The Morgan fingerprint density at radius 2 is 2.08 bits per heavy atom. The smallest absolute Gasteiger partial charge is 0.338 e. The second-order valence-corrected chi connectivity index (χ2v) is 7.57. The maximum Gasteiger partial charge on any atom is 0.338 e. The standard InChI is InChI=1S/C16H14Cl2N2O3S/c1-7-12(15(22)23-3)13(10-5-4-9(17)6-11(10)18)20-14(21)8(2)24-16(20)19-7/h4-6,8,13H,1-3H3/t8-,13+/m0/s1. The molecular formula is C16H14Cl2N2O3S. The van der Waals surface area contributed by atoms with Crippen molar-refractivity contribution < 1.29 is 14.3 Å². The molecular weight excluding hydrogens is 371 g/mol. The van der Waals surface area contributed by atoms with Crippen molar-refractivity contribution in [2.75, 3.05) is 7.11 Å². The summed E-state index contributed by atoms with van der Waals surface area (Å²) in [7, 11) is 1.30. The monoisotopic (exact) mass is 384 g/mol. The quantitative estimate of drug-likeness (QED) is 0.727. The topological polar surface area (TPSA) is 59.0 Å². The van der Waals surface area contributed by atoms with Crippen LogP contribution in [0, 0.1) is 0 Å². The summed E-state index contributed by atoms with van der Waals surface area (Å²) >= 11 is 13.7. The number of thioether (sulfide) groups is 1. The lowest BCUT2D eigenvalue weighted by Gasteiger charge is -2.33. The zero-order valence-electron chi connectivity index (χ0n) is 13.2. The molecule has 0 N–H and O–H groups in total. The van der Waals surface area contributed by atoms with E-state index in [1.54, 1.807) is 25.1 Å². The number of carbonyl (C=O) groups excluding carboxylic acids is 2. The van der Waals surface area contributed by atoms with Crippen LogP contribution < -0.4 is 0 Å². The number of amidine groups is 1. The highest BCUT2D eigenvalue weighted by atomic mass is 35.5. The van der Waals surface area contributed by atoms with Gasteiger partial charge in [0.15, 0.2) is 5.17 Å². The van der Waals surface area contributed by atoms with Crippen molar-refractivity contribution in [3.63, 3.8) is 0 Å². The highest BCUT2D eigenvalue weighted by Crippen LogP contribution is 2.45. The van der Waals surface area contributed by atoms with Crippen molar-refractivity contribution in [1.82, 2.24) is 4.90 Å². The highest BCUT2D eigenvalue weighted by Gasteiger charge is 2.46. The Labute approximate surface area is 153 Å². The van der Waals surface area contributed by atoms with E-state index in [2.05, 4.69) is 4.99 Å². The fraction of sp³-hybridized carbons (Fsp3) is 0.312. The molecule has 1 amide bonds. The minimum atomic E-state index is -0.681. The van der Waals surface area contributed by atoms with Crippen molar-refractivity contribution in [3.8, 4) is 0 Å². The van der Waals surface area contributed by atoms with Crippen LogP contribution in [0.5, 0.6) is 0 Å². The first kappa shape index (κ1) is 17.3. The van der Waals surface area contributed by atoms with E-state index >= 15 is 0 Å². The van der Waals surface area contributed by atoms with Crippen LogP contribution in [-0.4, -0.2) is 34.3 Å². The number of aliphatic imine (C=N–C) groups is 1. The van der Waals surface area contributed by atoms with Crippen LogP contribution >= 0.6 is 35.0 Å². The van der Waals surface area contributed by atoms with E-state index < -0.39 is 12.0 Å². The molecule has 0 unspecified atom stereocenters. The zero-order valence-corrected chi connectivity index (χ0v) is 15.5. The van der Waals surface area contributed by atoms with Crippen LogP contribution in [0.15, 0.2) is 34.5 Å². The molecule has 0 bridgehead atoms. The first-order chi connectivity index (χ1) is 11.3. The molecule has 1 saturated heterocycles. The van der Waals surface area contributed by atoms with Gasteiger partial charge >= 0.3 is 5.97 Å². The molecule has 2 aliphatic rings. The number of methoxy groups -OCH3 is 1. The van der Waals surface area contributed by atoms with Crippen molar-refractivity contribution in [3.05, 3.63) is 45.1 Å². The van der Waals surface area contributed by atoms with Gasteiger partial charge in [0.2, 0.25) is 5.91 Å². The Hall–Kier alpha value is -1.50. The van der Waals surface area contributed by atoms with E-state index in [0.717, 1.165) is 0 Å². The predicted octanol–water partition coefficient (Wildman–Crippen LogP) is 3.82. The van der Waals surface area contributed by atoms with Crippen LogP contribution in [0.25, 0.3) is 0 Å². The third-order valence-corrected chi connectivity index (χ3v) is 5.54. The van der Waals surface area contributed by atoms with Crippen molar-refractivity contribution in [1.29, 1.82) is 0 Å². The van der Waals surface area contributed by atoms with Gasteiger partial charge in [0.1, 0.15) is 0 Å². The number of ether oxygens (including phenoxy) is 1. The molecule has 0 aliphatic carbocycles. The number of amides is 1. The van der Waals surface area contributed by atoms with E-state index in [1.807, 2.05) is 6.92 Å².